The summed E-state index contributed by atoms with van der Waals surface area (Å²) in [6.45, 7) is 0. The lowest BCUT2D eigenvalue weighted by Crippen LogP contribution is -2.38. The van der Waals surface area contributed by atoms with E-state index in [1.165, 1.54) is 24.0 Å². The second-order valence-electron chi connectivity index (χ2n) is 8.37. The molecule has 174 valence electrons. The van der Waals surface area contributed by atoms with Crippen molar-refractivity contribution in [1.29, 1.82) is 0 Å². The maximum atomic E-state index is 13.7. The van der Waals surface area contributed by atoms with Crippen molar-refractivity contribution in [3.8, 4) is 0 Å². The van der Waals surface area contributed by atoms with E-state index in [1.54, 1.807) is 28.8 Å². The Balaban J connectivity index is 1.59. The first-order valence-corrected chi connectivity index (χ1v) is 12.7. The Kier molecular flexibility index (Phi) is 5.42. The van der Waals surface area contributed by atoms with Gasteiger partial charge in [-0.25, -0.2) is 9.79 Å². The predicted octanol–water partition coefficient (Wildman–Crippen LogP) is 4.46. The molecule has 6 rings (SSSR count). The van der Waals surface area contributed by atoms with Gasteiger partial charge < -0.3 is 9.15 Å². The lowest BCUT2D eigenvalue weighted by molar-refractivity contribution is 0.0600. The highest BCUT2D eigenvalue weighted by Crippen LogP contribution is 2.41. The quantitative estimate of drug-likeness (QED) is 0.355. The predicted molar refractivity (Wildman–Crippen MR) is 137 cm³/mol. The summed E-state index contributed by atoms with van der Waals surface area (Å²) >= 11 is 4.67. The first kappa shape index (κ1) is 22.0. The molecule has 6 nitrogen and oxygen atoms in total. The molecular formula is C27H19BrN2O4S. The zero-order chi connectivity index (χ0) is 24.1. The Morgan fingerprint density at radius 3 is 2.69 bits per heavy atom. The number of carbonyl (C=O) groups is 1. The molecule has 2 aromatic carbocycles. The number of hydrogen-bond acceptors (Lipinski definition) is 6. The smallest absolute Gasteiger partial charge is 0.337 e. The number of furan rings is 1. The molecule has 0 N–H and O–H groups in total. The first-order chi connectivity index (χ1) is 17.0. The molecule has 1 atom stereocenters. The third kappa shape index (κ3) is 3.73. The number of esters is 1. The summed E-state index contributed by atoms with van der Waals surface area (Å²) in [5.74, 6) is 0.201. The van der Waals surface area contributed by atoms with E-state index in [-0.39, 0.29) is 11.6 Å². The molecular weight excluding hydrogens is 528 g/mol. The van der Waals surface area contributed by atoms with Crippen LogP contribution in [0, 0.1) is 0 Å². The van der Waals surface area contributed by atoms with Gasteiger partial charge >= 0.3 is 5.97 Å². The van der Waals surface area contributed by atoms with Crippen molar-refractivity contribution in [3.05, 3.63) is 119 Å². The highest BCUT2D eigenvalue weighted by Gasteiger charge is 2.32. The molecule has 8 heteroatoms. The van der Waals surface area contributed by atoms with Gasteiger partial charge in [0.05, 0.1) is 28.9 Å². The van der Waals surface area contributed by atoms with Gasteiger partial charge in [0.15, 0.2) is 9.47 Å². The number of hydrogen-bond donors (Lipinski definition) is 0. The molecule has 35 heavy (non-hydrogen) atoms. The number of fused-ring (bicyclic) bond motifs is 3. The van der Waals surface area contributed by atoms with Crippen molar-refractivity contribution in [1.82, 2.24) is 4.57 Å². The molecule has 0 radical (unpaired) electrons. The average molecular weight is 547 g/mol. The Bertz CT molecular complexity index is 1690. The number of benzene rings is 2. The Morgan fingerprint density at radius 1 is 1.14 bits per heavy atom. The zero-order valence-corrected chi connectivity index (χ0v) is 21.1. The van der Waals surface area contributed by atoms with Crippen LogP contribution in [0.3, 0.4) is 0 Å². The summed E-state index contributed by atoms with van der Waals surface area (Å²) in [5.41, 5.74) is 5.68. The van der Waals surface area contributed by atoms with Gasteiger partial charge in [-0.05, 0) is 69.7 Å². The third-order valence-corrected chi connectivity index (χ3v) is 7.80. The molecule has 2 aliphatic rings. The van der Waals surface area contributed by atoms with E-state index in [4.69, 9.17) is 14.1 Å². The van der Waals surface area contributed by atoms with Crippen LogP contribution in [0.2, 0.25) is 0 Å². The first-order valence-electron chi connectivity index (χ1n) is 11.1. The number of aromatic nitrogens is 1. The molecule has 4 aromatic rings. The maximum absolute atomic E-state index is 13.7. The summed E-state index contributed by atoms with van der Waals surface area (Å²) < 4.78 is 13.4. The number of halogens is 1. The molecule has 3 heterocycles. The van der Waals surface area contributed by atoms with Crippen molar-refractivity contribution in [2.75, 3.05) is 7.11 Å². The van der Waals surface area contributed by atoms with E-state index in [1.807, 2.05) is 30.3 Å². The molecule has 1 aliphatic heterocycles. The van der Waals surface area contributed by atoms with Crippen LogP contribution in [-0.4, -0.2) is 17.6 Å². The van der Waals surface area contributed by atoms with Crippen LogP contribution in [-0.2, 0) is 11.2 Å². The molecule has 0 bridgehead atoms. The average Bonchev–Trinajstić information content (AvgIpc) is 3.44. The third-order valence-electron chi connectivity index (χ3n) is 6.39. The highest BCUT2D eigenvalue weighted by molar-refractivity contribution is 9.10. The van der Waals surface area contributed by atoms with Crippen LogP contribution in [0.4, 0.5) is 0 Å². The summed E-state index contributed by atoms with van der Waals surface area (Å²) in [4.78, 5) is 31.3. The van der Waals surface area contributed by atoms with Crippen molar-refractivity contribution >= 4 is 45.0 Å². The normalized spacial score (nSPS) is 16.9. The standard InChI is InChI=1S/C27H19BrN2O4S/c1-33-26(32)17-8-6-16(7-9-17)24-20-12-10-15-4-2-3-5-19(15)23(20)29-27-30(24)25(31)21(35-27)14-18-11-13-22(28)34-18/h2-9,11,13-14,24H,10,12H2,1H3. The van der Waals surface area contributed by atoms with Crippen LogP contribution in [0.15, 0.2) is 85.1 Å². The molecule has 0 saturated carbocycles. The van der Waals surface area contributed by atoms with Crippen molar-refractivity contribution in [3.63, 3.8) is 0 Å². The minimum absolute atomic E-state index is 0.117. The Labute approximate surface area is 212 Å². The van der Waals surface area contributed by atoms with Gasteiger partial charge in [-0.3, -0.25) is 9.36 Å². The van der Waals surface area contributed by atoms with Crippen LogP contribution < -0.4 is 14.9 Å². The number of methoxy groups -OCH3 is 1. The fourth-order valence-corrected chi connectivity index (χ4v) is 6.08. The second kappa shape index (κ2) is 8.62. The van der Waals surface area contributed by atoms with E-state index in [9.17, 15) is 9.59 Å². The zero-order valence-electron chi connectivity index (χ0n) is 18.7. The summed E-state index contributed by atoms with van der Waals surface area (Å²) in [7, 11) is 1.36. The van der Waals surface area contributed by atoms with Gasteiger partial charge in [-0.15, -0.1) is 0 Å². The van der Waals surface area contributed by atoms with E-state index < -0.39 is 5.97 Å². The summed E-state index contributed by atoms with van der Waals surface area (Å²) in [6, 6.07) is 18.9. The summed E-state index contributed by atoms with van der Waals surface area (Å²) in [6.07, 6.45) is 3.43. The number of carbonyl (C=O) groups excluding carboxylic acids is 1. The van der Waals surface area contributed by atoms with E-state index in [0.29, 0.717) is 25.3 Å². The molecule has 1 aliphatic carbocycles. The van der Waals surface area contributed by atoms with Crippen LogP contribution in [0.1, 0.15) is 45.3 Å². The molecule has 2 aromatic heterocycles. The van der Waals surface area contributed by atoms with Crippen molar-refractivity contribution in [2.45, 2.75) is 18.9 Å². The lowest BCUT2D eigenvalue weighted by Gasteiger charge is -2.30. The SMILES string of the molecule is COC(=O)c1ccc(C2C3=C(N=c4sc(=Cc5ccc(Br)o5)c(=O)n42)c2ccccc2CC3)cc1. The highest BCUT2D eigenvalue weighted by atomic mass is 79.9. The number of thiazole rings is 1. The largest absolute Gasteiger partial charge is 0.465 e. The minimum Gasteiger partial charge on any atom is -0.465 e. The lowest BCUT2D eigenvalue weighted by atomic mass is 9.83. The molecule has 0 spiro atoms. The fraction of sp³-hybridized carbons (Fsp3) is 0.148. The van der Waals surface area contributed by atoms with Crippen LogP contribution in [0.5, 0.6) is 0 Å². The van der Waals surface area contributed by atoms with Gasteiger partial charge in [0.2, 0.25) is 0 Å². The Hall–Kier alpha value is -3.49. The number of allylic oxidation sites excluding steroid dienone is 1. The van der Waals surface area contributed by atoms with Gasteiger partial charge in [-0.2, -0.15) is 0 Å². The Morgan fingerprint density at radius 2 is 1.94 bits per heavy atom. The van der Waals surface area contributed by atoms with E-state index in [2.05, 4.69) is 28.1 Å². The van der Waals surface area contributed by atoms with Crippen molar-refractivity contribution < 1.29 is 13.9 Å². The van der Waals surface area contributed by atoms with Gasteiger partial charge in [0.1, 0.15) is 5.76 Å². The van der Waals surface area contributed by atoms with Gasteiger partial charge in [0.25, 0.3) is 5.56 Å². The number of ether oxygens (including phenoxy) is 1. The van der Waals surface area contributed by atoms with E-state index in [0.717, 1.165) is 35.2 Å². The fourth-order valence-electron chi connectivity index (χ4n) is 4.78. The van der Waals surface area contributed by atoms with E-state index >= 15 is 0 Å². The molecule has 0 saturated heterocycles. The number of aryl methyl sites for hydroxylation is 1. The molecule has 1 unspecified atom stereocenters. The molecule has 0 fully saturated rings. The molecule has 0 amide bonds. The maximum Gasteiger partial charge on any atom is 0.337 e. The monoisotopic (exact) mass is 546 g/mol. The van der Waals surface area contributed by atoms with Crippen molar-refractivity contribution in [2.24, 2.45) is 4.99 Å². The summed E-state index contributed by atoms with van der Waals surface area (Å²) in [5, 5.41) is 0. The van der Waals surface area contributed by atoms with Gasteiger partial charge in [-0.1, -0.05) is 47.7 Å². The number of nitrogens with zero attached hydrogens (tertiary/aromatic N) is 2. The van der Waals surface area contributed by atoms with Crippen LogP contribution in [0.25, 0.3) is 11.8 Å². The second-order valence-corrected chi connectivity index (χ2v) is 10.2. The number of rotatable bonds is 3. The van der Waals surface area contributed by atoms with Crippen LogP contribution >= 0.6 is 27.3 Å². The van der Waals surface area contributed by atoms with Gasteiger partial charge in [0, 0.05) is 11.6 Å². The topological polar surface area (TPSA) is 73.8 Å². The minimum atomic E-state index is -0.392.